The number of hydrogen-bond acceptors (Lipinski definition) is 15. The average Bonchev–Trinajstić information content (AvgIpc) is 3.60. The molecular weight excluding hydrogens is 728 g/mol. The van der Waals surface area contributed by atoms with Gasteiger partial charge < -0.3 is 35.5 Å². The molecule has 2 saturated heterocycles. The molecule has 3 N–H and O–H groups in total. The monoisotopic (exact) mass is 754 g/mol. The molecule has 0 radical (unpaired) electrons. The van der Waals surface area contributed by atoms with Crippen LogP contribution in [0.4, 0.5) is 4.79 Å². The normalized spacial score (nSPS) is 20.6. The predicted molar refractivity (Wildman–Crippen MR) is 169 cm³/mol. The summed E-state index contributed by atoms with van der Waals surface area (Å²) in [6, 6.07) is 2.67. The van der Waals surface area contributed by atoms with Gasteiger partial charge in [-0.1, -0.05) is 35.2 Å². The SMILES string of the molecule is CCN1CCN(C(=O)NC(C(=O)N[C@]2(NC=O)C(=O)N3C(C(=O)[O-])=C(CSc4nncs4)CS[C@@H]32)c2cccc(OC(C)=O)c2)C(=O)C1=O.[Na+]. The topological polar surface area (TPSA) is 240 Å². The maximum atomic E-state index is 14.1. The number of esters is 1. The van der Waals surface area contributed by atoms with Crippen LogP contribution in [0.2, 0.25) is 0 Å². The Hall–Kier alpha value is -4.02. The van der Waals surface area contributed by atoms with Crippen molar-refractivity contribution in [2.75, 3.05) is 31.1 Å². The molecule has 0 bridgehead atoms. The van der Waals surface area contributed by atoms with E-state index in [2.05, 4.69) is 26.1 Å². The van der Waals surface area contributed by atoms with Gasteiger partial charge in [0.2, 0.25) is 18.0 Å². The van der Waals surface area contributed by atoms with Crippen molar-refractivity contribution in [3.05, 3.63) is 46.6 Å². The number of benzene rings is 1. The molecule has 3 aliphatic rings. The van der Waals surface area contributed by atoms with Crippen molar-refractivity contribution in [2.45, 2.75) is 35.3 Å². The second kappa shape index (κ2) is 16.3. The Bertz CT molecular complexity index is 1760. The molecule has 2 aromatic rings. The van der Waals surface area contributed by atoms with Crippen molar-refractivity contribution in [1.82, 2.24) is 40.8 Å². The van der Waals surface area contributed by atoms with E-state index in [0.29, 0.717) is 14.8 Å². The zero-order valence-electron chi connectivity index (χ0n) is 26.7. The number of amides is 7. The number of imide groups is 1. The van der Waals surface area contributed by atoms with Gasteiger partial charge in [-0.25, -0.2) is 4.79 Å². The van der Waals surface area contributed by atoms with Crippen LogP contribution in [0, 0.1) is 0 Å². The van der Waals surface area contributed by atoms with Crippen molar-refractivity contribution >= 4 is 82.9 Å². The average molecular weight is 755 g/mol. The molecule has 22 heteroatoms. The van der Waals surface area contributed by atoms with Crippen LogP contribution >= 0.6 is 34.9 Å². The van der Waals surface area contributed by atoms with Crippen molar-refractivity contribution in [3.63, 3.8) is 0 Å². The summed E-state index contributed by atoms with van der Waals surface area (Å²) in [5, 5.41) is 26.0. The first kappa shape index (κ1) is 38.8. The standard InChI is InChI=1S/C28H28N8O10S3.Na/c1-3-34-7-8-35(22(41)21(34)40)26(45)31-18(15-5-4-6-17(9-15)46-14(2)38)20(39)32-28(29-12-37)24(44)36-19(23(42)43)16(10-47-25(28)36)11-48-27-33-30-13-49-27;/h4-6,9,12-13,18,25H,3,7-8,10-11H2,1-2H3,(H,29,37)(H,31,45)(H,32,39)(H,42,43);/q;+1/p-1/t18?,25-,28-;/m1./s1. The van der Waals surface area contributed by atoms with Crippen LogP contribution in [-0.4, -0.2) is 115 Å². The zero-order chi connectivity index (χ0) is 35.5. The van der Waals surface area contributed by atoms with Gasteiger partial charge in [0, 0.05) is 38.1 Å². The first-order valence-electron chi connectivity index (χ1n) is 14.4. The van der Waals surface area contributed by atoms with Crippen LogP contribution in [0.15, 0.2) is 45.4 Å². The number of carboxylic acids is 1. The molecule has 50 heavy (non-hydrogen) atoms. The summed E-state index contributed by atoms with van der Waals surface area (Å²) in [7, 11) is 0. The Balaban J connectivity index is 0.00000562. The summed E-state index contributed by atoms with van der Waals surface area (Å²) in [5.41, 5.74) is -0.706. The Morgan fingerprint density at radius 1 is 1.20 bits per heavy atom. The van der Waals surface area contributed by atoms with E-state index >= 15 is 0 Å². The summed E-state index contributed by atoms with van der Waals surface area (Å²) in [4.78, 5) is 105. The number of carbonyl (C=O) groups excluding carboxylic acids is 8. The Morgan fingerprint density at radius 2 is 1.96 bits per heavy atom. The minimum Gasteiger partial charge on any atom is -0.543 e. The summed E-state index contributed by atoms with van der Waals surface area (Å²) >= 11 is 3.52. The van der Waals surface area contributed by atoms with Gasteiger partial charge in [-0.3, -0.25) is 38.6 Å². The third kappa shape index (κ3) is 7.66. The maximum absolute atomic E-state index is 14.1. The quantitative estimate of drug-likeness (QED) is 0.0269. The van der Waals surface area contributed by atoms with Crippen molar-refractivity contribution in [3.8, 4) is 5.75 Å². The number of hydrogen-bond donors (Lipinski definition) is 3. The number of aromatic nitrogens is 2. The molecule has 0 aliphatic carbocycles. The molecule has 2 fully saturated rings. The summed E-state index contributed by atoms with van der Waals surface area (Å²) in [5.74, 6) is -6.22. The van der Waals surface area contributed by atoms with Crippen LogP contribution in [0.3, 0.4) is 0 Å². The van der Waals surface area contributed by atoms with Crippen molar-refractivity contribution in [2.24, 2.45) is 0 Å². The van der Waals surface area contributed by atoms with E-state index in [1.807, 2.05) is 0 Å². The van der Waals surface area contributed by atoms with E-state index in [0.717, 1.165) is 23.6 Å². The minimum absolute atomic E-state index is 0. The Morgan fingerprint density at radius 3 is 2.60 bits per heavy atom. The van der Waals surface area contributed by atoms with E-state index in [1.54, 1.807) is 6.92 Å². The van der Waals surface area contributed by atoms with Crippen LogP contribution in [0.25, 0.3) is 0 Å². The maximum Gasteiger partial charge on any atom is 1.00 e. The first-order chi connectivity index (χ1) is 23.4. The molecule has 7 amide bonds. The summed E-state index contributed by atoms with van der Waals surface area (Å²) in [6.07, 6.45) is 0.158. The van der Waals surface area contributed by atoms with Crippen molar-refractivity contribution < 1.29 is 77.8 Å². The van der Waals surface area contributed by atoms with E-state index in [9.17, 15) is 43.5 Å². The second-order valence-electron chi connectivity index (χ2n) is 10.5. The van der Waals surface area contributed by atoms with Crippen LogP contribution in [-0.2, 0) is 33.6 Å². The molecule has 1 aromatic carbocycles. The largest absolute Gasteiger partial charge is 1.00 e. The third-order valence-corrected chi connectivity index (χ3v) is 10.9. The number of nitrogens with one attached hydrogen (secondary N) is 3. The number of fused-ring (bicyclic) bond motifs is 1. The van der Waals surface area contributed by atoms with Crippen LogP contribution in [0.1, 0.15) is 25.5 Å². The van der Waals surface area contributed by atoms with E-state index < -0.39 is 64.4 Å². The van der Waals surface area contributed by atoms with Gasteiger partial charge in [-0.15, -0.1) is 22.0 Å². The smallest absolute Gasteiger partial charge is 0.543 e. The molecule has 3 aliphatic heterocycles. The molecule has 0 saturated carbocycles. The fraction of sp³-hybridized carbons (Fsp3) is 0.357. The number of thioether (sulfide) groups is 2. The third-order valence-electron chi connectivity index (χ3n) is 7.58. The molecule has 4 heterocycles. The fourth-order valence-corrected chi connectivity index (χ4v) is 8.39. The number of ether oxygens (including phenoxy) is 1. The van der Waals surface area contributed by atoms with E-state index in [1.165, 1.54) is 57.8 Å². The van der Waals surface area contributed by atoms with Crippen LogP contribution in [0.5, 0.6) is 5.75 Å². The number of likely N-dealkylation sites (N-methyl/N-ethyl adjacent to an activating group) is 1. The number of carbonyl (C=O) groups is 8. The Labute approximate surface area is 318 Å². The molecule has 3 atom stereocenters. The Kier molecular flexibility index (Phi) is 12.7. The number of nitrogens with zero attached hydrogens (tertiary/aromatic N) is 5. The van der Waals surface area contributed by atoms with E-state index in [-0.39, 0.29) is 78.4 Å². The number of β-lactam (4-membered cyclic amide) rings is 1. The van der Waals surface area contributed by atoms with Gasteiger partial charge in [-0.05, 0) is 30.2 Å². The number of urea groups is 1. The number of rotatable bonds is 12. The second-order valence-corrected chi connectivity index (χ2v) is 13.6. The molecular formula is C28H27N8NaO10S3. The molecule has 0 spiro atoms. The number of aliphatic carboxylic acids is 1. The zero-order valence-corrected chi connectivity index (χ0v) is 31.1. The predicted octanol–water partition coefficient (Wildman–Crippen LogP) is -4.82. The molecule has 18 nitrogen and oxygen atoms in total. The van der Waals surface area contributed by atoms with Gasteiger partial charge in [0.25, 0.3) is 5.91 Å². The van der Waals surface area contributed by atoms with Gasteiger partial charge in [0.15, 0.2) is 4.34 Å². The summed E-state index contributed by atoms with van der Waals surface area (Å²) in [6.45, 7) is 2.94. The molecule has 5 rings (SSSR count). The fourth-order valence-electron chi connectivity index (χ4n) is 5.33. The van der Waals surface area contributed by atoms with Gasteiger partial charge >= 0.3 is 53.4 Å². The number of carboxylic acid groups (broad SMARTS) is 1. The molecule has 1 aromatic heterocycles. The van der Waals surface area contributed by atoms with E-state index in [4.69, 9.17) is 4.74 Å². The van der Waals surface area contributed by atoms with Gasteiger partial charge in [-0.2, -0.15) is 0 Å². The minimum atomic E-state index is -2.17. The number of piperazine rings is 1. The molecule has 258 valence electrons. The molecule has 1 unspecified atom stereocenters. The summed E-state index contributed by atoms with van der Waals surface area (Å²) < 4.78 is 5.68. The van der Waals surface area contributed by atoms with Crippen LogP contribution < -0.4 is 55.4 Å². The van der Waals surface area contributed by atoms with Crippen molar-refractivity contribution in [1.29, 1.82) is 0 Å². The first-order valence-corrected chi connectivity index (χ1v) is 17.3. The van der Waals surface area contributed by atoms with Gasteiger partial charge in [0.1, 0.15) is 22.7 Å². The van der Waals surface area contributed by atoms with Gasteiger partial charge in [0.05, 0.1) is 11.7 Å².